The molecule has 11 heavy (non-hydrogen) atoms. The smallest absolute Gasteiger partial charge is 0.149 e. The van der Waals surface area contributed by atoms with E-state index in [4.69, 9.17) is 6.42 Å². The zero-order valence-corrected chi connectivity index (χ0v) is 6.68. The molecule has 0 aliphatic carbocycles. The topological polar surface area (TPSA) is 36.0 Å². The molecule has 1 aromatic rings. The van der Waals surface area contributed by atoms with Gasteiger partial charge >= 0.3 is 0 Å². The third-order valence-electron chi connectivity index (χ3n) is 1.67. The van der Waals surface area contributed by atoms with Crippen molar-refractivity contribution in [3.8, 4) is 12.3 Å². The number of H-pyrrole nitrogens is 1. The first-order valence-electron chi connectivity index (χ1n) is 3.42. The molecule has 0 aromatic carbocycles. The van der Waals surface area contributed by atoms with E-state index >= 15 is 0 Å². The lowest BCUT2D eigenvalue weighted by molar-refractivity contribution is 0.122. The van der Waals surface area contributed by atoms with Crippen molar-refractivity contribution in [3.63, 3.8) is 0 Å². The number of hydrogen-bond acceptors (Lipinski definition) is 1. The molecule has 0 amide bonds. The van der Waals surface area contributed by atoms with Crippen molar-refractivity contribution >= 4 is 0 Å². The van der Waals surface area contributed by atoms with Gasteiger partial charge in [0.1, 0.15) is 5.60 Å². The maximum absolute atomic E-state index is 9.55. The molecule has 0 saturated carbocycles. The van der Waals surface area contributed by atoms with Gasteiger partial charge < -0.3 is 10.1 Å². The summed E-state index contributed by atoms with van der Waals surface area (Å²) < 4.78 is 0. The van der Waals surface area contributed by atoms with Crippen molar-refractivity contribution in [2.75, 3.05) is 0 Å². The van der Waals surface area contributed by atoms with Gasteiger partial charge in [-0.15, -0.1) is 6.42 Å². The summed E-state index contributed by atoms with van der Waals surface area (Å²) >= 11 is 0. The largest absolute Gasteiger partial charge is 0.374 e. The zero-order chi connectivity index (χ0) is 8.48. The summed E-state index contributed by atoms with van der Waals surface area (Å²) in [4.78, 5) is 2.95. The molecule has 0 bridgehead atoms. The van der Waals surface area contributed by atoms with Gasteiger partial charge in [0.05, 0.1) is 0 Å². The number of nitrogens with one attached hydrogen (secondary N) is 1. The molecule has 2 heteroatoms. The number of terminal acetylenes is 1. The highest BCUT2D eigenvalue weighted by molar-refractivity contribution is 5.29. The van der Waals surface area contributed by atoms with E-state index in [1.165, 1.54) is 0 Å². The Balaban J connectivity index is 3.04. The molecule has 2 N–H and O–H groups in total. The highest BCUT2D eigenvalue weighted by Crippen LogP contribution is 2.19. The van der Waals surface area contributed by atoms with Crippen LogP contribution in [0.2, 0.25) is 0 Å². The molecular weight excluding hydrogens is 138 g/mol. The molecule has 0 spiro atoms. The number of aliphatic hydroxyl groups is 1. The Kier molecular flexibility index (Phi) is 1.76. The van der Waals surface area contributed by atoms with Crippen molar-refractivity contribution in [2.45, 2.75) is 19.4 Å². The van der Waals surface area contributed by atoms with Gasteiger partial charge in [-0.05, 0) is 19.9 Å². The maximum Gasteiger partial charge on any atom is 0.149 e. The van der Waals surface area contributed by atoms with Crippen LogP contribution in [0.15, 0.2) is 12.3 Å². The van der Waals surface area contributed by atoms with Crippen LogP contribution >= 0.6 is 0 Å². The van der Waals surface area contributed by atoms with Crippen molar-refractivity contribution in [3.05, 3.63) is 23.5 Å². The van der Waals surface area contributed by atoms with Crippen LogP contribution in [0.25, 0.3) is 0 Å². The summed E-state index contributed by atoms with van der Waals surface area (Å²) in [5.74, 6) is 2.31. The van der Waals surface area contributed by atoms with Gasteiger partial charge in [0.2, 0.25) is 0 Å². The predicted octanol–water partition coefficient (Wildman–Crippen LogP) is 1.16. The molecule has 1 rings (SSSR count). The Bertz CT molecular complexity index is 291. The summed E-state index contributed by atoms with van der Waals surface area (Å²) in [6.45, 7) is 3.51. The maximum atomic E-state index is 9.55. The van der Waals surface area contributed by atoms with Gasteiger partial charge in [-0.3, -0.25) is 0 Å². The molecule has 0 aliphatic heterocycles. The fourth-order valence-corrected chi connectivity index (χ4v) is 0.873. The molecule has 0 unspecified atom stereocenters. The van der Waals surface area contributed by atoms with Crippen molar-refractivity contribution < 1.29 is 5.11 Å². The Hall–Kier alpha value is -1.20. The van der Waals surface area contributed by atoms with E-state index in [0.717, 1.165) is 11.3 Å². The second-order valence-electron chi connectivity index (χ2n) is 2.79. The molecule has 0 aliphatic rings. The van der Waals surface area contributed by atoms with E-state index in [1.54, 1.807) is 13.1 Å². The van der Waals surface area contributed by atoms with E-state index in [9.17, 15) is 5.11 Å². The summed E-state index contributed by atoms with van der Waals surface area (Å²) in [6, 6.07) is 1.83. The lowest BCUT2D eigenvalue weighted by Gasteiger charge is -2.13. The summed E-state index contributed by atoms with van der Waals surface area (Å²) in [5, 5.41) is 9.55. The Labute approximate surface area is 66.3 Å². The Morgan fingerprint density at radius 1 is 1.73 bits per heavy atom. The van der Waals surface area contributed by atoms with Crippen LogP contribution in [-0.2, 0) is 5.60 Å². The van der Waals surface area contributed by atoms with Gasteiger partial charge in [-0.1, -0.05) is 5.92 Å². The summed E-state index contributed by atoms with van der Waals surface area (Å²) in [7, 11) is 0. The van der Waals surface area contributed by atoms with Crippen molar-refractivity contribution in [1.82, 2.24) is 4.98 Å². The highest BCUT2D eigenvalue weighted by Gasteiger charge is 2.19. The van der Waals surface area contributed by atoms with Gasteiger partial charge in [-0.2, -0.15) is 0 Å². The van der Waals surface area contributed by atoms with E-state index in [-0.39, 0.29) is 0 Å². The minimum atomic E-state index is -1.15. The SMILES string of the molecule is C#C[C@](C)(O)c1c[nH]c(C)c1. The standard InChI is InChI=1S/C9H11NO/c1-4-9(3,11)8-5-7(2)10-6-8/h1,5-6,10-11H,2-3H3/t9-/m0/s1. The van der Waals surface area contributed by atoms with Crippen LogP contribution < -0.4 is 0 Å². The van der Waals surface area contributed by atoms with Gasteiger partial charge in [0.25, 0.3) is 0 Å². The van der Waals surface area contributed by atoms with Crippen molar-refractivity contribution in [2.24, 2.45) is 0 Å². The van der Waals surface area contributed by atoms with Crippen LogP contribution in [0, 0.1) is 19.3 Å². The quantitative estimate of drug-likeness (QED) is 0.577. The molecule has 0 radical (unpaired) electrons. The van der Waals surface area contributed by atoms with Crippen LogP contribution in [-0.4, -0.2) is 10.1 Å². The Morgan fingerprint density at radius 2 is 2.36 bits per heavy atom. The lowest BCUT2D eigenvalue weighted by atomic mass is 10.0. The minimum absolute atomic E-state index is 0.734. The van der Waals surface area contributed by atoms with E-state index in [0.29, 0.717) is 0 Å². The van der Waals surface area contributed by atoms with Crippen LogP contribution in [0.1, 0.15) is 18.2 Å². The first kappa shape index (κ1) is 7.90. The molecule has 1 aromatic heterocycles. The first-order valence-corrected chi connectivity index (χ1v) is 3.42. The van der Waals surface area contributed by atoms with Crippen LogP contribution in [0.3, 0.4) is 0 Å². The molecule has 1 heterocycles. The molecule has 2 nitrogen and oxygen atoms in total. The molecule has 1 atom stereocenters. The zero-order valence-electron chi connectivity index (χ0n) is 6.68. The van der Waals surface area contributed by atoms with E-state index in [1.807, 2.05) is 13.0 Å². The predicted molar refractivity (Wildman–Crippen MR) is 43.9 cm³/mol. The average Bonchev–Trinajstić information content (AvgIpc) is 2.36. The van der Waals surface area contributed by atoms with E-state index in [2.05, 4.69) is 10.9 Å². The van der Waals surface area contributed by atoms with Gasteiger partial charge in [0.15, 0.2) is 0 Å². The number of aryl methyl sites for hydroxylation is 1. The fraction of sp³-hybridized carbons (Fsp3) is 0.333. The third-order valence-corrected chi connectivity index (χ3v) is 1.67. The van der Waals surface area contributed by atoms with Crippen LogP contribution in [0.4, 0.5) is 0 Å². The monoisotopic (exact) mass is 149 g/mol. The van der Waals surface area contributed by atoms with Crippen molar-refractivity contribution in [1.29, 1.82) is 0 Å². The second-order valence-corrected chi connectivity index (χ2v) is 2.79. The highest BCUT2D eigenvalue weighted by atomic mass is 16.3. The lowest BCUT2D eigenvalue weighted by Crippen LogP contribution is -2.16. The minimum Gasteiger partial charge on any atom is -0.374 e. The molecular formula is C9H11NO. The Morgan fingerprint density at radius 3 is 2.73 bits per heavy atom. The molecule has 58 valence electrons. The normalized spacial score (nSPS) is 15.5. The summed E-state index contributed by atoms with van der Waals surface area (Å²) in [6.07, 6.45) is 6.85. The first-order chi connectivity index (χ1) is 5.06. The number of hydrogen-bond donors (Lipinski definition) is 2. The third kappa shape index (κ3) is 1.44. The van der Waals surface area contributed by atoms with Gasteiger partial charge in [0, 0.05) is 17.5 Å². The van der Waals surface area contributed by atoms with Crippen LogP contribution in [0.5, 0.6) is 0 Å². The number of rotatable bonds is 1. The molecule has 0 saturated heterocycles. The van der Waals surface area contributed by atoms with Gasteiger partial charge in [-0.25, -0.2) is 0 Å². The second kappa shape index (κ2) is 2.44. The number of aromatic amines is 1. The van der Waals surface area contributed by atoms with E-state index < -0.39 is 5.60 Å². The summed E-state index contributed by atoms with van der Waals surface area (Å²) in [5.41, 5.74) is 0.582. The average molecular weight is 149 g/mol. The molecule has 0 fully saturated rings. The number of aromatic nitrogens is 1. The fourth-order valence-electron chi connectivity index (χ4n) is 0.873.